The lowest BCUT2D eigenvalue weighted by Crippen LogP contribution is -2.33. The maximum Gasteiger partial charge on any atom is 0.235 e. The predicted molar refractivity (Wildman–Crippen MR) is 75.2 cm³/mol. The van der Waals surface area contributed by atoms with E-state index in [2.05, 4.69) is 18.8 Å². The summed E-state index contributed by atoms with van der Waals surface area (Å²) >= 11 is 0. The summed E-state index contributed by atoms with van der Waals surface area (Å²) in [5.74, 6) is 1.92. The maximum atomic E-state index is 10.8. The first-order valence-corrected chi connectivity index (χ1v) is 7.20. The average molecular weight is 273 g/mol. The number of hydrogen-bond acceptors (Lipinski definition) is 4. The van der Waals surface area contributed by atoms with Gasteiger partial charge in [-0.25, -0.2) is 4.79 Å². The van der Waals surface area contributed by atoms with Gasteiger partial charge in [0.2, 0.25) is 6.08 Å². The lowest BCUT2D eigenvalue weighted by Gasteiger charge is -2.40. The first kappa shape index (κ1) is 13.2. The molecule has 2 aliphatic rings. The summed E-state index contributed by atoms with van der Waals surface area (Å²) < 4.78 is 11.5. The molecule has 0 bridgehead atoms. The number of benzene rings is 1. The van der Waals surface area contributed by atoms with E-state index in [4.69, 9.17) is 9.47 Å². The van der Waals surface area contributed by atoms with E-state index in [-0.39, 0.29) is 0 Å². The van der Waals surface area contributed by atoms with E-state index in [1.807, 2.05) is 12.1 Å². The Bertz CT molecular complexity index is 569. The van der Waals surface area contributed by atoms with Gasteiger partial charge in [-0.2, -0.15) is 4.99 Å². The highest BCUT2D eigenvalue weighted by molar-refractivity contribution is 5.56. The van der Waals surface area contributed by atoms with Crippen molar-refractivity contribution in [2.24, 2.45) is 4.99 Å². The van der Waals surface area contributed by atoms with Crippen LogP contribution in [-0.4, -0.2) is 19.3 Å². The Morgan fingerprint density at radius 2 is 2.00 bits per heavy atom. The number of hydrogen-bond donors (Lipinski definition) is 0. The molecule has 1 heterocycles. The third-order valence-electron chi connectivity index (χ3n) is 4.27. The van der Waals surface area contributed by atoms with Crippen molar-refractivity contribution in [1.29, 1.82) is 0 Å². The zero-order valence-corrected chi connectivity index (χ0v) is 11.9. The van der Waals surface area contributed by atoms with Gasteiger partial charge in [-0.1, -0.05) is 19.9 Å². The van der Waals surface area contributed by atoms with E-state index in [0.29, 0.717) is 19.1 Å². The van der Waals surface area contributed by atoms with Gasteiger partial charge < -0.3 is 9.47 Å². The van der Waals surface area contributed by atoms with Gasteiger partial charge in [0.05, 0.1) is 5.54 Å². The number of rotatable bonds is 3. The second kappa shape index (κ2) is 4.95. The number of nitrogens with zero attached hydrogens (tertiary/aromatic N) is 1. The number of carbonyl (C=O) groups excluding carboxylic acids is 1. The van der Waals surface area contributed by atoms with Gasteiger partial charge in [-0.15, -0.1) is 0 Å². The number of aliphatic imine (C=N–C) groups is 1. The lowest BCUT2D eigenvalue weighted by molar-refractivity contribution is 0.167. The molecule has 3 rings (SSSR count). The standard InChI is InChI=1S/C16H19NO3/c1-11(2)14-12(16(17-10-18)6-3-7-16)4-5-13-15(14)20-9-8-19-13/h4-5,11H,3,6-9H2,1-2H3. The van der Waals surface area contributed by atoms with E-state index in [1.54, 1.807) is 6.08 Å². The van der Waals surface area contributed by atoms with Crippen LogP contribution >= 0.6 is 0 Å². The monoisotopic (exact) mass is 273 g/mol. The van der Waals surface area contributed by atoms with Crippen molar-refractivity contribution < 1.29 is 14.3 Å². The fourth-order valence-corrected chi connectivity index (χ4v) is 3.16. The average Bonchev–Trinajstić information content (AvgIpc) is 2.41. The van der Waals surface area contributed by atoms with Gasteiger partial charge in [0, 0.05) is 5.56 Å². The molecule has 4 heteroatoms. The van der Waals surface area contributed by atoms with E-state index in [1.165, 1.54) is 0 Å². The van der Waals surface area contributed by atoms with Crippen molar-refractivity contribution >= 4 is 6.08 Å². The molecule has 1 aliphatic carbocycles. The molecule has 1 aromatic carbocycles. The smallest absolute Gasteiger partial charge is 0.235 e. The van der Waals surface area contributed by atoms with Crippen LogP contribution in [0.1, 0.15) is 50.2 Å². The molecule has 4 nitrogen and oxygen atoms in total. The van der Waals surface area contributed by atoms with Crippen molar-refractivity contribution in [2.75, 3.05) is 13.2 Å². The first-order chi connectivity index (χ1) is 9.68. The molecule has 1 aliphatic heterocycles. The Hall–Kier alpha value is -1.80. The fraction of sp³-hybridized carbons (Fsp3) is 0.562. The molecule has 20 heavy (non-hydrogen) atoms. The van der Waals surface area contributed by atoms with Gasteiger partial charge in [-0.3, -0.25) is 0 Å². The normalized spacial score (nSPS) is 19.1. The molecule has 0 spiro atoms. The molecule has 1 aromatic rings. The molecule has 0 aromatic heterocycles. The first-order valence-electron chi connectivity index (χ1n) is 7.20. The maximum absolute atomic E-state index is 10.8. The molecule has 0 N–H and O–H groups in total. The summed E-state index contributed by atoms with van der Waals surface area (Å²) in [6.07, 6.45) is 4.66. The van der Waals surface area contributed by atoms with Crippen LogP contribution in [0.15, 0.2) is 17.1 Å². The van der Waals surface area contributed by atoms with E-state index in [0.717, 1.165) is 41.9 Å². The highest BCUT2D eigenvalue weighted by Gasteiger charge is 2.42. The SMILES string of the molecule is CC(C)c1c(C2(N=C=O)CCC2)ccc2c1OCCO2. The summed E-state index contributed by atoms with van der Waals surface area (Å²) in [7, 11) is 0. The molecule has 1 saturated carbocycles. The highest BCUT2D eigenvalue weighted by atomic mass is 16.6. The summed E-state index contributed by atoms with van der Waals surface area (Å²) in [4.78, 5) is 14.9. The minimum Gasteiger partial charge on any atom is -0.486 e. The third kappa shape index (κ3) is 1.92. The van der Waals surface area contributed by atoms with Gasteiger partial charge in [-0.05, 0) is 36.8 Å². The van der Waals surface area contributed by atoms with Gasteiger partial charge in [0.15, 0.2) is 11.5 Å². The van der Waals surface area contributed by atoms with Crippen LogP contribution in [0.5, 0.6) is 11.5 Å². The molecule has 0 unspecified atom stereocenters. The Kier molecular flexibility index (Phi) is 3.27. The Morgan fingerprint density at radius 1 is 1.25 bits per heavy atom. The minimum atomic E-state index is -0.392. The van der Waals surface area contributed by atoms with Gasteiger partial charge >= 0.3 is 0 Å². The summed E-state index contributed by atoms with van der Waals surface area (Å²) in [6.45, 7) is 5.42. The van der Waals surface area contributed by atoms with Crippen molar-refractivity contribution in [3.05, 3.63) is 23.3 Å². The van der Waals surface area contributed by atoms with E-state index >= 15 is 0 Å². The highest BCUT2D eigenvalue weighted by Crippen LogP contribution is 2.51. The van der Waals surface area contributed by atoms with E-state index < -0.39 is 5.54 Å². The molecule has 0 atom stereocenters. The van der Waals surface area contributed by atoms with Crippen LogP contribution in [0, 0.1) is 0 Å². The van der Waals surface area contributed by atoms with Crippen LogP contribution in [-0.2, 0) is 10.3 Å². The van der Waals surface area contributed by atoms with Gasteiger partial charge in [0.1, 0.15) is 13.2 Å². The fourth-order valence-electron chi connectivity index (χ4n) is 3.16. The van der Waals surface area contributed by atoms with Crippen LogP contribution in [0.2, 0.25) is 0 Å². The van der Waals surface area contributed by atoms with Crippen LogP contribution in [0.3, 0.4) is 0 Å². The van der Waals surface area contributed by atoms with Crippen molar-refractivity contribution in [3.8, 4) is 11.5 Å². The third-order valence-corrected chi connectivity index (χ3v) is 4.27. The van der Waals surface area contributed by atoms with Crippen molar-refractivity contribution in [1.82, 2.24) is 0 Å². The second-order valence-corrected chi connectivity index (χ2v) is 5.79. The zero-order valence-electron chi connectivity index (χ0n) is 11.9. The number of fused-ring (bicyclic) bond motifs is 1. The molecule has 0 amide bonds. The Balaban J connectivity index is 2.18. The largest absolute Gasteiger partial charge is 0.486 e. The predicted octanol–water partition coefficient (Wildman–Crippen LogP) is 3.30. The van der Waals surface area contributed by atoms with Crippen molar-refractivity contribution in [2.45, 2.75) is 44.6 Å². The quantitative estimate of drug-likeness (QED) is 0.627. The van der Waals surface area contributed by atoms with E-state index in [9.17, 15) is 4.79 Å². The summed E-state index contributed by atoms with van der Waals surface area (Å²) in [6, 6.07) is 3.99. The Morgan fingerprint density at radius 3 is 2.60 bits per heavy atom. The Labute approximate surface area is 118 Å². The van der Waals surface area contributed by atoms with Crippen molar-refractivity contribution in [3.63, 3.8) is 0 Å². The topological polar surface area (TPSA) is 47.9 Å². The molecule has 1 fully saturated rings. The van der Waals surface area contributed by atoms with Gasteiger partial charge in [0.25, 0.3) is 0 Å². The van der Waals surface area contributed by atoms with Crippen LogP contribution in [0.25, 0.3) is 0 Å². The van der Waals surface area contributed by atoms with Crippen LogP contribution < -0.4 is 9.47 Å². The zero-order chi connectivity index (χ0) is 14.2. The number of ether oxygens (including phenoxy) is 2. The molecular formula is C16H19NO3. The van der Waals surface area contributed by atoms with Crippen LogP contribution in [0.4, 0.5) is 0 Å². The molecule has 0 radical (unpaired) electrons. The molecule has 106 valence electrons. The second-order valence-electron chi connectivity index (χ2n) is 5.79. The molecular weight excluding hydrogens is 254 g/mol. The lowest BCUT2D eigenvalue weighted by atomic mass is 9.69. The summed E-state index contributed by atoms with van der Waals surface area (Å²) in [5.41, 5.74) is 1.84. The number of isocyanates is 1. The summed E-state index contributed by atoms with van der Waals surface area (Å²) in [5, 5.41) is 0. The molecule has 0 saturated heterocycles. The minimum absolute atomic E-state index is 0.293.